The highest BCUT2D eigenvalue weighted by Crippen LogP contribution is 2.09. The summed E-state index contributed by atoms with van der Waals surface area (Å²) >= 11 is 0. The number of amides is 1. The Hall–Kier alpha value is -1.61. The number of carbonyl (C=O) groups excluding carboxylic acids is 1. The molecule has 1 aromatic rings. The normalized spacial score (nSPS) is 15.0. The van der Waals surface area contributed by atoms with Gasteiger partial charge in [0.2, 0.25) is 5.91 Å². The topological polar surface area (TPSA) is 29.5 Å². The number of ether oxygens (including phenoxy) is 1. The minimum absolute atomic E-state index is 0.0663. The van der Waals surface area contributed by atoms with Gasteiger partial charge in [0, 0.05) is 19.2 Å². The second-order valence-corrected chi connectivity index (χ2v) is 4.13. The molecule has 1 aromatic carbocycles. The van der Waals surface area contributed by atoms with Crippen LogP contribution >= 0.6 is 0 Å². The number of aryl methyl sites for hydroxylation is 1. The zero-order valence-electron chi connectivity index (χ0n) is 12.1. The second-order valence-electron chi connectivity index (χ2n) is 4.13. The summed E-state index contributed by atoms with van der Waals surface area (Å²) in [4.78, 5) is 13.7. The van der Waals surface area contributed by atoms with Crippen molar-refractivity contribution in [1.29, 1.82) is 0 Å². The number of hydrogen-bond acceptors (Lipinski definition) is 2. The molecule has 1 fully saturated rings. The fourth-order valence-corrected chi connectivity index (χ4v) is 1.82. The number of rotatable bonds is 2. The molecule has 0 saturated carbocycles. The highest BCUT2D eigenvalue weighted by atomic mass is 16.5. The van der Waals surface area contributed by atoms with E-state index in [1.54, 1.807) is 6.08 Å². The third-order valence-corrected chi connectivity index (χ3v) is 2.92. The molecular formula is C16H23NO2. The fourth-order valence-electron chi connectivity index (χ4n) is 1.82. The Morgan fingerprint density at radius 1 is 1.21 bits per heavy atom. The highest BCUT2D eigenvalue weighted by molar-refractivity contribution is 5.92. The molecule has 0 aliphatic carbocycles. The van der Waals surface area contributed by atoms with Crippen LogP contribution in [0.1, 0.15) is 25.0 Å². The van der Waals surface area contributed by atoms with E-state index < -0.39 is 0 Å². The van der Waals surface area contributed by atoms with Crippen LogP contribution in [0.4, 0.5) is 0 Å². The lowest BCUT2D eigenvalue weighted by atomic mass is 10.1. The summed E-state index contributed by atoms with van der Waals surface area (Å²) in [6, 6.07) is 8.03. The van der Waals surface area contributed by atoms with Crippen LogP contribution in [0.5, 0.6) is 0 Å². The largest absolute Gasteiger partial charge is 0.378 e. The maximum atomic E-state index is 11.9. The summed E-state index contributed by atoms with van der Waals surface area (Å²) in [5.74, 6) is 0.0663. The van der Waals surface area contributed by atoms with E-state index in [9.17, 15) is 4.79 Å². The molecule has 1 aliphatic rings. The smallest absolute Gasteiger partial charge is 0.246 e. The summed E-state index contributed by atoms with van der Waals surface area (Å²) in [6.45, 7) is 8.71. The lowest BCUT2D eigenvalue weighted by Gasteiger charge is -2.25. The number of hydrogen-bond donors (Lipinski definition) is 0. The molecule has 104 valence electrons. The summed E-state index contributed by atoms with van der Waals surface area (Å²) < 4.78 is 5.21. The Labute approximate surface area is 115 Å². The Bertz CT molecular complexity index is 421. The summed E-state index contributed by atoms with van der Waals surface area (Å²) in [7, 11) is 0. The first-order valence-corrected chi connectivity index (χ1v) is 6.88. The molecule has 0 spiro atoms. The van der Waals surface area contributed by atoms with Gasteiger partial charge in [0.15, 0.2) is 0 Å². The third kappa shape index (κ3) is 4.87. The number of benzene rings is 1. The van der Waals surface area contributed by atoms with E-state index in [2.05, 4.69) is 0 Å². The average Bonchev–Trinajstić information content (AvgIpc) is 2.49. The van der Waals surface area contributed by atoms with Crippen molar-refractivity contribution in [3.8, 4) is 0 Å². The molecule has 2 rings (SSSR count). The molecule has 3 heteroatoms. The second kappa shape index (κ2) is 8.48. The number of nitrogens with zero attached hydrogens (tertiary/aromatic N) is 1. The van der Waals surface area contributed by atoms with Gasteiger partial charge < -0.3 is 9.64 Å². The summed E-state index contributed by atoms with van der Waals surface area (Å²) in [5.41, 5.74) is 2.27. The third-order valence-electron chi connectivity index (χ3n) is 2.92. The van der Waals surface area contributed by atoms with Gasteiger partial charge in [-0.3, -0.25) is 4.79 Å². The van der Waals surface area contributed by atoms with Crippen LogP contribution in [0.3, 0.4) is 0 Å². The van der Waals surface area contributed by atoms with Gasteiger partial charge in [-0.15, -0.1) is 0 Å². The predicted molar refractivity (Wildman–Crippen MR) is 79.0 cm³/mol. The molecule has 1 amide bonds. The van der Waals surface area contributed by atoms with Crippen LogP contribution < -0.4 is 0 Å². The Kier molecular flexibility index (Phi) is 6.90. The molecule has 0 bridgehead atoms. The maximum absolute atomic E-state index is 11.9. The zero-order valence-corrected chi connectivity index (χ0v) is 12.1. The van der Waals surface area contributed by atoms with Crippen LogP contribution in [0.2, 0.25) is 0 Å². The molecule has 0 atom stereocenters. The van der Waals surface area contributed by atoms with E-state index in [1.807, 2.05) is 56.0 Å². The van der Waals surface area contributed by atoms with Crippen molar-refractivity contribution < 1.29 is 9.53 Å². The number of morpholine rings is 1. The lowest BCUT2D eigenvalue weighted by molar-refractivity contribution is -0.129. The molecular weight excluding hydrogens is 238 g/mol. The van der Waals surface area contributed by atoms with Gasteiger partial charge >= 0.3 is 0 Å². The van der Waals surface area contributed by atoms with Crippen molar-refractivity contribution in [3.63, 3.8) is 0 Å². The van der Waals surface area contributed by atoms with E-state index >= 15 is 0 Å². The predicted octanol–water partition coefficient (Wildman–Crippen LogP) is 2.89. The molecule has 0 unspecified atom stereocenters. The van der Waals surface area contributed by atoms with E-state index in [1.165, 1.54) is 5.56 Å². The van der Waals surface area contributed by atoms with Crippen molar-refractivity contribution in [2.24, 2.45) is 0 Å². The van der Waals surface area contributed by atoms with E-state index in [4.69, 9.17) is 4.74 Å². The summed E-state index contributed by atoms with van der Waals surface area (Å²) in [6.07, 6.45) is 3.53. The van der Waals surface area contributed by atoms with E-state index in [0.29, 0.717) is 26.3 Å². The number of carbonyl (C=O) groups is 1. The van der Waals surface area contributed by atoms with Crippen molar-refractivity contribution >= 4 is 12.0 Å². The maximum Gasteiger partial charge on any atom is 0.246 e. The first-order valence-electron chi connectivity index (χ1n) is 6.88. The Morgan fingerprint density at radius 2 is 1.84 bits per heavy atom. The molecule has 1 saturated heterocycles. The van der Waals surface area contributed by atoms with Crippen molar-refractivity contribution in [2.75, 3.05) is 26.3 Å². The quantitative estimate of drug-likeness (QED) is 0.766. The molecule has 3 nitrogen and oxygen atoms in total. The highest BCUT2D eigenvalue weighted by Gasteiger charge is 2.13. The molecule has 1 aliphatic heterocycles. The van der Waals surface area contributed by atoms with E-state index in [-0.39, 0.29) is 5.91 Å². The van der Waals surface area contributed by atoms with Crippen LogP contribution in [0.15, 0.2) is 30.3 Å². The van der Waals surface area contributed by atoms with Crippen LogP contribution in [0, 0.1) is 6.92 Å². The van der Waals surface area contributed by atoms with Gasteiger partial charge in [0.1, 0.15) is 0 Å². The van der Waals surface area contributed by atoms with Gasteiger partial charge in [0.25, 0.3) is 0 Å². The van der Waals surface area contributed by atoms with Crippen molar-refractivity contribution in [3.05, 3.63) is 41.5 Å². The van der Waals surface area contributed by atoms with Crippen molar-refractivity contribution in [2.45, 2.75) is 20.8 Å². The monoisotopic (exact) mass is 261 g/mol. The first-order chi connectivity index (χ1) is 9.27. The Balaban J connectivity index is 0.000000861. The molecule has 19 heavy (non-hydrogen) atoms. The Morgan fingerprint density at radius 3 is 2.47 bits per heavy atom. The SMILES string of the molecule is CC.Cc1ccccc1/C=C/C(=O)N1CCOCC1. The average molecular weight is 261 g/mol. The fraction of sp³-hybridized carbons (Fsp3) is 0.438. The molecule has 1 heterocycles. The van der Waals surface area contributed by atoms with Gasteiger partial charge in [-0.05, 0) is 24.1 Å². The minimum Gasteiger partial charge on any atom is -0.378 e. The summed E-state index contributed by atoms with van der Waals surface area (Å²) in [5, 5.41) is 0. The van der Waals surface area contributed by atoms with Crippen LogP contribution in [0.25, 0.3) is 6.08 Å². The first kappa shape index (κ1) is 15.4. The van der Waals surface area contributed by atoms with Gasteiger partial charge in [-0.1, -0.05) is 38.1 Å². The van der Waals surface area contributed by atoms with Crippen molar-refractivity contribution in [1.82, 2.24) is 4.90 Å². The zero-order chi connectivity index (χ0) is 14.1. The van der Waals surface area contributed by atoms with E-state index in [0.717, 1.165) is 5.56 Å². The van der Waals surface area contributed by atoms with Gasteiger partial charge in [-0.2, -0.15) is 0 Å². The lowest BCUT2D eigenvalue weighted by Crippen LogP contribution is -2.39. The van der Waals surface area contributed by atoms with Crippen LogP contribution in [-0.2, 0) is 9.53 Å². The standard InChI is InChI=1S/C14H17NO2.C2H6/c1-12-4-2-3-5-13(12)6-7-14(16)15-8-10-17-11-9-15;1-2/h2-7H,8-11H2,1H3;1-2H3/b7-6+;. The molecule has 0 N–H and O–H groups in total. The van der Waals surface area contributed by atoms with Crippen LogP contribution in [-0.4, -0.2) is 37.1 Å². The minimum atomic E-state index is 0.0663. The van der Waals surface area contributed by atoms with Gasteiger partial charge in [-0.25, -0.2) is 0 Å². The van der Waals surface area contributed by atoms with Gasteiger partial charge in [0.05, 0.1) is 13.2 Å². The molecule has 0 aromatic heterocycles. The molecule has 0 radical (unpaired) electrons.